The minimum Gasteiger partial charge on any atom is -0.364 e. The van der Waals surface area contributed by atoms with Gasteiger partial charge in [0.05, 0.1) is 27.6 Å². The van der Waals surface area contributed by atoms with Crippen LogP contribution in [0.3, 0.4) is 0 Å². The number of benzene rings is 2. The Morgan fingerprint density at radius 3 is 2.47 bits per heavy atom. The molecule has 3 aromatic rings. The van der Waals surface area contributed by atoms with Crippen LogP contribution in [-0.2, 0) is 10.0 Å². The molecule has 8 nitrogen and oxygen atoms in total. The van der Waals surface area contributed by atoms with Crippen molar-refractivity contribution in [1.82, 2.24) is 14.3 Å². The summed E-state index contributed by atoms with van der Waals surface area (Å²) in [7, 11) is -3.59. The van der Waals surface area contributed by atoms with Gasteiger partial charge in [-0.2, -0.15) is 9.57 Å². The Balaban J connectivity index is 1.42. The van der Waals surface area contributed by atoms with Gasteiger partial charge in [-0.25, -0.2) is 18.4 Å². The highest BCUT2D eigenvalue weighted by atomic mass is 79.9. The fraction of sp³-hybridized carbons (Fsp3) is 0.318. The van der Waals surface area contributed by atoms with Gasteiger partial charge < -0.3 is 10.2 Å². The van der Waals surface area contributed by atoms with E-state index in [4.69, 9.17) is 9.97 Å². The number of nitrogens with zero attached hydrogens (tertiary/aromatic N) is 5. The molecule has 1 aromatic heterocycles. The average Bonchev–Trinajstić information content (AvgIpc) is 3.62. The summed E-state index contributed by atoms with van der Waals surface area (Å²) in [6.07, 6.45) is 2.20. The fourth-order valence-electron chi connectivity index (χ4n) is 3.79. The van der Waals surface area contributed by atoms with Crippen LogP contribution in [-0.4, -0.2) is 54.9 Å². The van der Waals surface area contributed by atoms with Crippen LogP contribution < -0.4 is 10.2 Å². The van der Waals surface area contributed by atoms with Crippen LogP contribution in [0.15, 0.2) is 51.8 Å². The number of hydrogen-bond acceptors (Lipinski definition) is 7. The normalized spacial score (nSPS) is 17.3. The topological polar surface area (TPSA) is 102 Å². The van der Waals surface area contributed by atoms with Crippen molar-refractivity contribution in [3.63, 3.8) is 0 Å². The Morgan fingerprint density at radius 2 is 1.78 bits per heavy atom. The lowest BCUT2D eigenvalue weighted by Crippen LogP contribution is -2.49. The lowest BCUT2D eigenvalue weighted by Gasteiger charge is -2.35. The lowest BCUT2D eigenvalue weighted by molar-refractivity contribution is 0.384. The Kier molecular flexibility index (Phi) is 5.49. The van der Waals surface area contributed by atoms with E-state index in [1.807, 2.05) is 6.07 Å². The van der Waals surface area contributed by atoms with Gasteiger partial charge in [0.15, 0.2) is 11.6 Å². The van der Waals surface area contributed by atoms with Crippen LogP contribution in [0.2, 0.25) is 0 Å². The molecule has 1 saturated heterocycles. The number of piperazine rings is 1. The van der Waals surface area contributed by atoms with E-state index in [0.29, 0.717) is 59.4 Å². The van der Waals surface area contributed by atoms with Gasteiger partial charge in [0.2, 0.25) is 10.0 Å². The number of halogens is 1. The highest BCUT2D eigenvalue weighted by Crippen LogP contribution is 2.32. The van der Waals surface area contributed by atoms with Crippen LogP contribution in [0, 0.1) is 11.3 Å². The van der Waals surface area contributed by atoms with Gasteiger partial charge in [-0.15, -0.1) is 0 Å². The SMILES string of the molecule is N#Cc1ccc2nc(NC3CC3)c(N3CCN(S(=O)(=O)c4ccccc4Br)CC3)nc2c1. The van der Waals surface area contributed by atoms with E-state index in [1.165, 1.54) is 4.31 Å². The molecule has 164 valence electrons. The number of nitrogens with one attached hydrogen (secondary N) is 1. The number of rotatable bonds is 5. The minimum atomic E-state index is -3.59. The first-order chi connectivity index (χ1) is 15.5. The second kappa shape index (κ2) is 8.31. The summed E-state index contributed by atoms with van der Waals surface area (Å²) >= 11 is 3.35. The van der Waals surface area contributed by atoms with Crippen LogP contribution >= 0.6 is 15.9 Å². The second-order valence-electron chi connectivity index (χ2n) is 7.95. The molecular weight excluding hydrogens is 492 g/mol. The molecule has 0 atom stereocenters. The first-order valence-corrected chi connectivity index (χ1v) is 12.7. The van der Waals surface area contributed by atoms with Crippen molar-refractivity contribution < 1.29 is 8.42 Å². The first-order valence-electron chi connectivity index (χ1n) is 10.4. The van der Waals surface area contributed by atoms with Gasteiger partial charge in [-0.3, -0.25) is 0 Å². The third kappa shape index (κ3) is 4.03. The highest BCUT2D eigenvalue weighted by Gasteiger charge is 2.32. The van der Waals surface area contributed by atoms with Crippen molar-refractivity contribution in [2.45, 2.75) is 23.8 Å². The Bertz CT molecular complexity index is 1330. The van der Waals surface area contributed by atoms with Crippen molar-refractivity contribution in [3.05, 3.63) is 52.5 Å². The maximum absolute atomic E-state index is 13.1. The van der Waals surface area contributed by atoms with E-state index in [0.717, 1.165) is 18.4 Å². The minimum absolute atomic E-state index is 0.277. The third-order valence-electron chi connectivity index (χ3n) is 5.69. The molecule has 5 rings (SSSR count). The van der Waals surface area contributed by atoms with Crippen molar-refractivity contribution in [3.8, 4) is 6.07 Å². The molecule has 0 bridgehead atoms. The van der Waals surface area contributed by atoms with Crippen LogP contribution in [0.5, 0.6) is 0 Å². The standard InChI is InChI=1S/C22H21BrN6O2S/c23-17-3-1-2-4-20(17)32(30,31)29-11-9-28(10-12-29)22-21(25-16-6-7-16)26-18-8-5-15(14-24)13-19(18)27-22/h1-5,8,13,16H,6-7,9-12H2,(H,25,26). The van der Waals surface area contributed by atoms with E-state index in [9.17, 15) is 13.7 Å². The number of anilines is 2. The number of sulfonamides is 1. The summed E-state index contributed by atoms with van der Waals surface area (Å²) in [5.74, 6) is 1.42. The Morgan fingerprint density at radius 1 is 1.03 bits per heavy atom. The van der Waals surface area contributed by atoms with Crippen molar-refractivity contribution in [1.29, 1.82) is 5.26 Å². The van der Waals surface area contributed by atoms with Gasteiger partial charge in [0.1, 0.15) is 0 Å². The molecule has 0 amide bonds. The fourth-order valence-corrected chi connectivity index (χ4v) is 6.17. The zero-order valence-electron chi connectivity index (χ0n) is 17.2. The van der Waals surface area contributed by atoms with E-state index in [1.54, 1.807) is 36.4 Å². The molecule has 2 aromatic carbocycles. The summed E-state index contributed by atoms with van der Waals surface area (Å²) in [6, 6.07) is 14.7. The van der Waals surface area contributed by atoms with Gasteiger partial charge in [-0.1, -0.05) is 12.1 Å². The molecule has 0 unspecified atom stereocenters. The molecule has 1 N–H and O–H groups in total. The maximum atomic E-state index is 13.1. The van der Waals surface area contributed by atoms with E-state index >= 15 is 0 Å². The predicted molar refractivity (Wildman–Crippen MR) is 126 cm³/mol. The van der Waals surface area contributed by atoms with Crippen LogP contribution in [0.4, 0.5) is 11.6 Å². The monoisotopic (exact) mass is 512 g/mol. The molecule has 0 radical (unpaired) electrons. The largest absolute Gasteiger partial charge is 0.364 e. The van der Waals surface area contributed by atoms with Crippen molar-refractivity contribution >= 4 is 48.6 Å². The van der Waals surface area contributed by atoms with E-state index in [-0.39, 0.29) is 4.90 Å². The summed E-state index contributed by atoms with van der Waals surface area (Å²) in [6.45, 7) is 1.71. The number of nitriles is 1. The Labute approximate surface area is 195 Å². The zero-order valence-corrected chi connectivity index (χ0v) is 19.6. The lowest BCUT2D eigenvalue weighted by atomic mass is 10.2. The molecule has 10 heteroatoms. The molecule has 1 aliphatic heterocycles. The zero-order chi connectivity index (χ0) is 22.3. The Hall–Kier alpha value is -2.74. The summed E-state index contributed by atoms with van der Waals surface area (Å²) < 4.78 is 28.3. The van der Waals surface area contributed by atoms with Gasteiger partial charge in [0.25, 0.3) is 0 Å². The molecular formula is C22H21BrN6O2S. The molecule has 2 aliphatic rings. The predicted octanol–water partition coefficient (Wildman–Crippen LogP) is 3.35. The van der Waals surface area contributed by atoms with Gasteiger partial charge in [0, 0.05) is 36.7 Å². The van der Waals surface area contributed by atoms with Crippen LogP contribution in [0.25, 0.3) is 11.0 Å². The van der Waals surface area contributed by atoms with Crippen molar-refractivity contribution in [2.75, 3.05) is 36.4 Å². The molecule has 2 heterocycles. The van der Waals surface area contributed by atoms with Crippen LogP contribution in [0.1, 0.15) is 18.4 Å². The van der Waals surface area contributed by atoms with Gasteiger partial charge in [-0.05, 0) is 59.1 Å². The third-order valence-corrected chi connectivity index (χ3v) is 8.60. The number of hydrogen-bond donors (Lipinski definition) is 1. The summed E-state index contributed by atoms with van der Waals surface area (Å²) in [5.41, 5.74) is 1.92. The first kappa shape index (κ1) is 21.1. The second-order valence-corrected chi connectivity index (χ2v) is 10.7. The highest BCUT2D eigenvalue weighted by molar-refractivity contribution is 9.10. The quantitative estimate of drug-likeness (QED) is 0.558. The molecule has 0 spiro atoms. The number of aromatic nitrogens is 2. The van der Waals surface area contributed by atoms with E-state index in [2.05, 4.69) is 32.2 Å². The molecule has 1 saturated carbocycles. The molecule has 32 heavy (non-hydrogen) atoms. The smallest absolute Gasteiger partial charge is 0.244 e. The van der Waals surface area contributed by atoms with E-state index < -0.39 is 10.0 Å². The molecule has 2 fully saturated rings. The average molecular weight is 513 g/mol. The summed E-state index contributed by atoms with van der Waals surface area (Å²) in [4.78, 5) is 11.9. The van der Waals surface area contributed by atoms with Crippen molar-refractivity contribution in [2.24, 2.45) is 0 Å². The maximum Gasteiger partial charge on any atom is 0.244 e. The summed E-state index contributed by atoms with van der Waals surface area (Å²) in [5, 5.41) is 12.7. The van der Waals surface area contributed by atoms with Gasteiger partial charge >= 0.3 is 0 Å². The number of fused-ring (bicyclic) bond motifs is 1. The molecule has 1 aliphatic carbocycles.